The van der Waals surface area contributed by atoms with Crippen LogP contribution in [0.3, 0.4) is 0 Å². The molecule has 0 aliphatic carbocycles. The number of ether oxygens (including phenoxy) is 1. The molecule has 0 unspecified atom stereocenters. The van der Waals surface area contributed by atoms with Gasteiger partial charge in [-0.2, -0.15) is 0 Å². The highest BCUT2D eigenvalue weighted by Gasteiger charge is 2.05. The monoisotopic (exact) mass is 168 g/mol. The van der Waals surface area contributed by atoms with E-state index in [1.54, 1.807) is 6.92 Å². The number of hydrogen-bond acceptors (Lipinski definition) is 2. The summed E-state index contributed by atoms with van der Waals surface area (Å²) in [6, 6.07) is 0. The SMILES string of the molecule is C#C[C@@H](C)OC(=O)CCCCC. The van der Waals surface area contributed by atoms with Crippen LogP contribution in [-0.2, 0) is 9.53 Å². The van der Waals surface area contributed by atoms with Gasteiger partial charge in [-0.3, -0.25) is 4.79 Å². The number of unbranched alkanes of at least 4 members (excludes halogenated alkanes) is 2. The lowest BCUT2D eigenvalue weighted by Gasteiger charge is -2.05. The van der Waals surface area contributed by atoms with Crippen molar-refractivity contribution in [1.82, 2.24) is 0 Å². The molecule has 0 aromatic carbocycles. The first kappa shape index (κ1) is 11.0. The molecule has 12 heavy (non-hydrogen) atoms. The summed E-state index contributed by atoms with van der Waals surface area (Å²) in [6.07, 6.45) is 8.22. The molecule has 2 nitrogen and oxygen atoms in total. The molecule has 0 amide bonds. The molecule has 68 valence electrons. The van der Waals surface area contributed by atoms with Crippen molar-refractivity contribution in [2.45, 2.75) is 45.6 Å². The fourth-order valence-corrected chi connectivity index (χ4v) is 0.809. The minimum Gasteiger partial charge on any atom is -0.449 e. The summed E-state index contributed by atoms with van der Waals surface area (Å²) in [5.41, 5.74) is 0. The second-order valence-corrected chi connectivity index (χ2v) is 2.76. The summed E-state index contributed by atoms with van der Waals surface area (Å²) in [5, 5.41) is 0. The van der Waals surface area contributed by atoms with Crippen LogP contribution in [0.15, 0.2) is 0 Å². The first-order valence-corrected chi connectivity index (χ1v) is 4.36. The molecule has 0 N–H and O–H groups in total. The van der Waals surface area contributed by atoms with Gasteiger partial charge in [-0.1, -0.05) is 25.7 Å². The maximum atomic E-state index is 11.0. The van der Waals surface area contributed by atoms with Gasteiger partial charge in [0, 0.05) is 6.42 Å². The molecule has 0 fully saturated rings. The summed E-state index contributed by atoms with van der Waals surface area (Å²) in [7, 11) is 0. The van der Waals surface area contributed by atoms with E-state index in [9.17, 15) is 4.79 Å². The summed E-state index contributed by atoms with van der Waals surface area (Å²) in [6.45, 7) is 3.78. The molecule has 0 aromatic rings. The fourth-order valence-electron chi connectivity index (χ4n) is 0.809. The van der Waals surface area contributed by atoms with Crippen LogP contribution in [0.1, 0.15) is 39.5 Å². The lowest BCUT2D eigenvalue weighted by Crippen LogP contribution is -2.12. The average Bonchev–Trinajstić information content (AvgIpc) is 2.05. The Labute approximate surface area is 74.3 Å². The third kappa shape index (κ3) is 5.79. The van der Waals surface area contributed by atoms with Gasteiger partial charge in [0.05, 0.1) is 0 Å². The standard InChI is InChI=1S/C10H16O2/c1-4-6-7-8-10(11)12-9(3)5-2/h2,9H,4,6-8H2,1,3H3/t9-/m1/s1. The second-order valence-electron chi connectivity index (χ2n) is 2.76. The summed E-state index contributed by atoms with van der Waals surface area (Å²) >= 11 is 0. The largest absolute Gasteiger partial charge is 0.449 e. The van der Waals surface area contributed by atoms with Gasteiger partial charge in [-0.15, -0.1) is 6.42 Å². The highest BCUT2D eigenvalue weighted by atomic mass is 16.5. The van der Waals surface area contributed by atoms with E-state index in [0.717, 1.165) is 19.3 Å². The molecular weight excluding hydrogens is 152 g/mol. The van der Waals surface area contributed by atoms with E-state index in [1.165, 1.54) is 0 Å². The number of esters is 1. The van der Waals surface area contributed by atoms with E-state index in [1.807, 2.05) is 0 Å². The molecule has 0 aromatic heterocycles. The smallest absolute Gasteiger partial charge is 0.307 e. The number of carbonyl (C=O) groups excluding carboxylic acids is 1. The zero-order valence-corrected chi connectivity index (χ0v) is 7.80. The highest BCUT2D eigenvalue weighted by Crippen LogP contribution is 2.01. The van der Waals surface area contributed by atoms with Gasteiger partial charge in [0.25, 0.3) is 0 Å². The molecule has 1 atom stereocenters. The van der Waals surface area contributed by atoms with Crippen molar-refractivity contribution in [2.75, 3.05) is 0 Å². The van der Waals surface area contributed by atoms with Crippen molar-refractivity contribution >= 4 is 5.97 Å². The molecule has 0 saturated heterocycles. The summed E-state index contributed by atoms with van der Waals surface area (Å²) in [5.74, 6) is 2.16. The molecule has 0 radical (unpaired) electrons. The summed E-state index contributed by atoms with van der Waals surface area (Å²) in [4.78, 5) is 11.0. The van der Waals surface area contributed by atoms with E-state index in [0.29, 0.717) is 6.42 Å². The molecule has 0 aliphatic rings. The van der Waals surface area contributed by atoms with E-state index in [4.69, 9.17) is 11.2 Å². The third-order valence-corrected chi connectivity index (χ3v) is 1.53. The minimum absolute atomic E-state index is 0.186. The Morgan fingerprint density at radius 3 is 2.75 bits per heavy atom. The lowest BCUT2D eigenvalue weighted by atomic mass is 10.2. The predicted molar refractivity (Wildman–Crippen MR) is 48.5 cm³/mol. The number of carbonyl (C=O) groups is 1. The molecule has 0 heterocycles. The summed E-state index contributed by atoms with van der Waals surface area (Å²) < 4.78 is 4.87. The predicted octanol–water partition coefficient (Wildman–Crippen LogP) is 2.13. The van der Waals surface area contributed by atoms with Gasteiger partial charge in [-0.05, 0) is 13.3 Å². The Balaban J connectivity index is 3.41. The Morgan fingerprint density at radius 2 is 2.25 bits per heavy atom. The first-order valence-electron chi connectivity index (χ1n) is 4.36. The van der Waals surface area contributed by atoms with Crippen LogP contribution < -0.4 is 0 Å². The zero-order chi connectivity index (χ0) is 9.40. The lowest BCUT2D eigenvalue weighted by molar-refractivity contribution is -0.145. The van der Waals surface area contributed by atoms with Crippen LogP contribution in [0.2, 0.25) is 0 Å². The second kappa shape index (κ2) is 6.72. The Bertz CT molecular complexity index is 167. The highest BCUT2D eigenvalue weighted by molar-refractivity contribution is 5.69. The van der Waals surface area contributed by atoms with Crippen molar-refractivity contribution < 1.29 is 9.53 Å². The van der Waals surface area contributed by atoms with Crippen LogP contribution in [0.5, 0.6) is 0 Å². The Morgan fingerprint density at radius 1 is 1.58 bits per heavy atom. The maximum Gasteiger partial charge on any atom is 0.307 e. The van der Waals surface area contributed by atoms with E-state index in [-0.39, 0.29) is 12.1 Å². The van der Waals surface area contributed by atoms with Crippen molar-refractivity contribution in [3.05, 3.63) is 0 Å². The normalized spacial score (nSPS) is 11.8. The molecule has 0 bridgehead atoms. The molecule has 0 saturated carbocycles. The van der Waals surface area contributed by atoms with Gasteiger partial charge in [0.2, 0.25) is 0 Å². The van der Waals surface area contributed by atoms with Gasteiger partial charge >= 0.3 is 5.97 Å². The van der Waals surface area contributed by atoms with Gasteiger partial charge < -0.3 is 4.74 Å². The van der Waals surface area contributed by atoms with Crippen LogP contribution >= 0.6 is 0 Å². The molecule has 2 heteroatoms. The number of hydrogen-bond donors (Lipinski definition) is 0. The van der Waals surface area contributed by atoms with Gasteiger partial charge in [-0.25, -0.2) is 0 Å². The maximum absolute atomic E-state index is 11.0. The van der Waals surface area contributed by atoms with Crippen molar-refractivity contribution in [2.24, 2.45) is 0 Å². The van der Waals surface area contributed by atoms with Crippen molar-refractivity contribution in [3.8, 4) is 12.3 Å². The number of rotatable bonds is 5. The first-order chi connectivity index (χ1) is 5.70. The molecule has 0 rings (SSSR count). The average molecular weight is 168 g/mol. The van der Waals surface area contributed by atoms with Crippen molar-refractivity contribution in [1.29, 1.82) is 0 Å². The zero-order valence-electron chi connectivity index (χ0n) is 7.80. The van der Waals surface area contributed by atoms with Crippen LogP contribution in [0.25, 0.3) is 0 Å². The van der Waals surface area contributed by atoms with E-state index < -0.39 is 0 Å². The van der Waals surface area contributed by atoms with E-state index in [2.05, 4.69) is 12.8 Å². The molecular formula is C10H16O2. The number of terminal acetylenes is 1. The topological polar surface area (TPSA) is 26.3 Å². The van der Waals surface area contributed by atoms with Crippen LogP contribution in [0, 0.1) is 12.3 Å². The minimum atomic E-state index is -0.390. The Kier molecular flexibility index (Phi) is 6.18. The Hall–Kier alpha value is -0.970. The third-order valence-electron chi connectivity index (χ3n) is 1.53. The van der Waals surface area contributed by atoms with Crippen LogP contribution in [0.4, 0.5) is 0 Å². The van der Waals surface area contributed by atoms with Crippen molar-refractivity contribution in [3.63, 3.8) is 0 Å². The van der Waals surface area contributed by atoms with Crippen LogP contribution in [-0.4, -0.2) is 12.1 Å². The quantitative estimate of drug-likeness (QED) is 0.357. The van der Waals surface area contributed by atoms with E-state index >= 15 is 0 Å². The fraction of sp³-hybridized carbons (Fsp3) is 0.700. The van der Waals surface area contributed by atoms with Gasteiger partial charge in [0.1, 0.15) is 0 Å². The molecule has 0 spiro atoms. The van der Waals surface area contributed by atoms with Gasteiger partial charge in [0.15, 0.2) is 6.10 Å². The molecule has 0 aliphatic heterocycles.